The van der Waals surface area contributed by atoms with Crippen molar-refractivity contribution in [2.24, 2.45) is 11.8 Å². The number of carboxylic acid groups (broad SMARTS) is 1. The van der Waals surface area contributed by atoms with Crippen LogP contribution in [-0.2, 0) is 4.79 Å². The lowest BCUT2D eigenvalue weighted by Crippen LogP contribution is -2.21. The number of aliphatic hydroxyl groups is 3. The molecule has 0 aromatic rings. The average Bonchev–Trinajstić information content (AvgIpc) is 2.81. The predicted octanol–water partition coefficient (Wildman–Crippen LogP) is 3.43. The van der Waals surface area contributed by atoms with Crippen LogP contribution in [0, 0.1) is 11.8 Å². The maximum atomic E-state index is 10.5. The Bertz CT molecular complexity index is 467. The van der Waals surface area contributed by atoms with Gasteiger partial charge in [-0.1, -0.05) is 43.1 Å². The van der Waals surface area contributed by atoms with E-state index in [0.29, 0.717) is 19.3 Å². The van der Waals surface area contributed by atoms with Gasteiger partial charge in [-0.05, 0) is 45.4 Å². The molecule has 5 atom stereocenters. The van der Waals surface area contributed by atoms with Crippen molar-refractivity contribution in [1.82, 2.24) is 0 Å². The number of rotatable bonds is 12. The summed E-state index contributed by atoms with van der Waals surface area (Å²) in [4.78, 5) is 10.5. The molecule has 0 bridgehead atoms. The summed E-state index contributed by atoms with van der Waals surface area (Å²) in [7, 11) is 0. The maximum Gasteiger partial charge on any atom is 0.303 e. The molecular weight excluding hydrogens is 332 g/mol. The molecule has 0 saturated heterocycles. The Hall–Kier alpha value is -1.17. The Morgan fingerprint density at radius 2 is 1.81 bits per heavy atom. The van der Waals surface area contributed by atoms with E-state index in [0.717, 1.165) is 32.1 Å². The molecular formula is C21H36O5. The van der Waals surface area contributed by atoms with E-state index in [1.54, 1.807) is 6.08 Å². The molecule has 1 fully saturated rings. The SMILES string of the molecule is CC(C)=CCC[C@H](O)C=C[C@@H]1[C@@H](CCCCCCC(=O)O)[C@@H](O)C[C@H]1O. The zero-order chi connectivity index (χ0) is 19.5. The van der Waals surface area contributed by atoms with Crippen molar-refractivity contribution >= 4 is 5.97 Å². The highest BCUT2D eigenvalue weighted by Crippen LogP contribution is 2.37. The van der Waals surface area contributed by atoms with Crippen LogP contribution in [-0.4, -0.2) is 44.7 Å². The number of carboxylic acids is 1. The van der Waals surface area contributed by atoms with Crippen molar-refractivity contribution in [3.05, 3.63) is 23.8 Å². The van der Waals surface area contributed by atoms with Crippen molar-refractivity contribution in [3.63, 3.8) is 0 Å². The van der Waals surface area contributed by atoms with E-state index in [4.69, 9.17) is 5.11 Å². The van der Waals surface area contributed by atoms with Crippen LogP contribution in [0.3, 0.4) is 0 Å². The Kier molecular flexibility index (Phi) is 10.8. The normalized spacial score (nSPS) is 27.0. The van der Waals surface area contributed by atoms with Crippen molar-refractivity contribution in [1.29, 1.82) is 0 Å². The molecule has 0 aliphatic heterocycles. The first-order valence-electron chi connectivity index (χ1n) is 9.89. The van der Waals surface area contributed by atoms with Gasteiger partial charge in [-0.15, -0.1) is 0 Å². The number of hydrogen-bond acceptors (Lipinski definition) is 4. The molecule has 0 amide bonds. The number of aliphatic hydroxyl groups excluding tert-OH is 3. The minimum atomic E-state index is -0.757. The number of carbonyl (C=O) groups is 1. The third-order valence-electron chi connectivity index (χ3n) is 5.16. The van der Waals surface area contributed by atoms with Gasteiger partial charge in [0.25, 0.3) is 0 Å². The van der Waals surface area contributed by atoms with Gasteiger partial charge in [-0.2, -0.15) is 0 Å². The topological polar surface area (TPSA) is 98.0 Å². The summed E-state index contributed by atoms with van der Waals surface area (Å²) in [5.74, 6) is -0.875. The van der Waals surface area contributed by atoms with Gasteiger partial charge in [-0.25, -0.2) is 0 Å². The molecule has 0 unspecified atom stereocenters. The lowest BCUT2D eigenvalue weighted by Gasteiger charge is -2.21. The first-order chi connectivity index (χ1) is 12.3. The molecule has 1 aliphatic carbocycles. The van der Waals surface area contributed by atoms with Crippen molar-refractivity contribution in [2.45, 2.75) is 89.9 Å². The first kappa shape index (κ1) is 22.9. The molecule has 150 valence electrons. The molecule has 1 aliphatic rings. The van der Waals surface area contributed by atoms with Crippen molar-refractivity contribution in [2.75, 3.05) is 0 Å². The van der Waals surface area contributed by atoms with Crippen LogP contribution in [0.25, 0.3) is 0 Å². The monoisotopic (exact) mass is 368 g/mol. The molecule has 5 heteroatoms. The van der Waals surface area contributed by atoms with E-state index >= 15 is 0 Å². The van der Waals surface area contributed by atoms with Crippen LogP contribution in [0.2, 0.25) is 0 Å². The minimum absolute atomic E-state index is 0.00528. The van der Waals surface area contributed by atoms with Crippen LogP contribution < -0.4 is 0 Å². The van der Waals surface area contributed by atoms with Crippen LogP contribution in [0.1, 0.15) is 71.6 Å². The summed E-state index contributed by atoms with van der Waals surface area (Å²) in [5, 5.41) is 39.2. The standard InChI is InChI=1S/C21H36O5/c1-15(2)8-7-9-16(22)12-13-18-17(19(23)14-20(18)24)10-5-3-4-6-11-21(25)26/h8,12-13,16-20,22-24H,3-7,9-11,14H2,1-2H3,(H,25,26)/t16-,17+,18+,19-,20+/m0/s1. The minimum Gasteiger partial charge on any atom is -0.481 e. The quantitative estimate of drug-likeness (QED) is 0.312. The molecule has 1 saturated carbocycles. The second-order valence-electron chi connectivity index (χ2n) is 7.77. The van der Waals surface area contributed by atoms with Crippen LogP contribution in [0.5, 0.6) is 0 Å². The molecule has 0 spiro atoms. The smallest absolute Gasteiger partial charge is 0.303 e. The summed E-state index contributed by atoms with van der Waals surface area (Å²) in [6.07, 6.45) is 10.4. The highest BCUT2D eigenvalue weighted by atomic mass is 16.4. The van der Waals surface area contributed by atoms with E-state index < -0.39 is 24.3 Å². The zero-order valence-electron chi connectivity index (χ0n) is 16.2. The number of unbranched alkanes of at least 4 members (excludes halogenated alkanes) is 3. The van der Waals surface area contributed by atoms with E-state index in [2.05, 4.69) is 6.08 Å². The number of hydrogen-bond donors (Lipinski definition) is 4. The van der Waals surface area contributed by atoms with Crippen molar-refractivity contribution in [3.8, 4) is 0 Å². The number of aliphatic carboxylic acids is 1. The molecule has 26 heavy (non-hydrogen) atoms. The lowest BCUT2D eigenvalue weighted by molar-refractivity contribution is -0.137. The molecule has 0 heterocycles. The van der Waals surface area contributed by atoms with Gasteiger partial charge >= 0.3 is 5.97 Å². The molecule has 0 aromatic heterocycles. The largest absolute Gasteiger partial charge is 0.481 e. The molecule has 0 radical (unpaired) electrons. The van der Waals surface area contributed by atoms with Crippen molar-refractivity contribution < 1.29 is 25.2 Å². The summed E-state index contributed by atoms with van der Waals surface area (Å²) in [6, 6.07) is 0. The summed E-state index contributed by atoms with van der Waals surface area (Å²) in [6.45, 7) is 4.07. The highest BCUT2D eigenvalue weighted by Gasteiger charge is 2.39. The molecule has 0 aromatic carbocycles. The van der Waals surface area contributed by atoms with E-state index in [-0.39, 0.29) is 18.3 Å². The van der Waals surface area contributed by atoms with Crippen LogP contribution in [0.15, 0.2) is 23.8 Å². The highest BCUT2D eigenvalue weighted by molar-refractivity contribution is 5.66. The third-order valence-corrected chi connectivity index (χ3v) is 5.16. The fourth-order valence-corrected chi connectivity index (χ4v) is 3.68. The van der Waals surface area contributed by atoms with Gasteiger partial charge in [0.15, 0.2) is 0 Å². The second kappa shape index (κ2) is 12.3. The lowest BCUT2D eigenvalue weighted by atomic mass is 9.88. The Morgan fingerprint density at radius 3 is 2.46 bits per heavy atom. The predicted molar refractivity (Wildman–Crippen MR) is 103 cm³/mol. The molecule has 4 N–H and O–H groups in total. The zero-order valence-corrected chi connectivity index (χ0v) is 16.2. The Labute approximate surface area is 157 Å². The molecule has 1 rings (SSSR count). The van der Waals surface area contributed by atoms with Gasteiger partial charge in [-0.3, -0.25) is 4.79 Å². The fraction of sp³-hybridized carbons (Fsp3) is 0.762. The van der Waals surface area contributed by atoms with E-state index in [1.807, 2.05) is 19.9 Å². The molecule has 5 nitrogen and oxygen atoms in total. The summed E-state index contributed by atoms with van der Waals surface area (Å²) >= 11 is 0. The van der Waals surface area contributed by atoms with Gasteiger partial charge in [0.1, 0.15) is 0 Å². The van der Waals surface area contributed by atoms with Gasteiger partial charge < -0.3 is 20.4 Å². The Balaban J connectivity index is 2.41. The third kappa shape index (κ3) is 8.97. The fourth-order valence-electron chi connectivity index (χ4n) is 3.68. The van der Waals surface area contributed by atoms with Gasteiger partial charge in [0, 0.05) is 18.8 Å². The Morgan fingerprint density at radius 1 is 1.12 bits per heavy atom. The number of allylic oxidation sites excluding steroid dienone is 2. The van der Waals surface area contributed by atoms with E-state index in [9.17, 15) is 20.1 Å². The van der Waals surface area contributed by atoms with Crippen LogP contribution in [0.4, 0.5) is 0 Å². The van der Waals surface area contributed by atoms with Gasteiger partial charge in [0.2, 0.25) is 0 Å². The first-order valence-corrected chi connectivity index (χ1v) is 9.89. The van der Waals surface area contributed by atoms with Crippen LogP contribution >= 0.6 is 0 Å². The van der Waals surface area contributed by atoms with Gasteiger partial charge in [0.05, 0.1) is 18.3 Å². The summed E-state index contributed by atoms with van der Waals surface area (Å²) in [5.41, 5.74) is 1.24. The average molecular weight is 369 g/mol. The van der Waals surface area contributed by atoms with E-state index in [1.165, 1.54) is 5.57 Å². The maximum absolute atomic E-state index is 10.5. The summed E-state index contributed by atoms with van der Waals surface area (Å²) < 4.78 is 0. The second-order valence-corrected chi connectivity index (χ2v) is 7.77.